The molecule has 0 aliphatic carbocycles. The molecule has 2 rings (SSSR count). The summed E-state index contributed by atoms with van der Waals surface area (Å²) in [5, 5.41) is 5.64. The fourth-order valence-corrected chi connectivity index (χ4v) is 1.85. The van der Waals surface area contributed by atoms with Crippen LogP contribution in [0.3, 0.4) is 0 Å². The Balaban J connectivity index is 2.00. The molecule has 0 saturated heterocycles. The van der Waals surface area contributed by atoms with Gasteiger partial charge in [0.2, 0.25) is 5.95 Å². The Morgan fingerprint density at radius 2 is 1.88 bits per heavy atom. The standard InChI is InChI=1S/C16H18N4O4/c1-23-7-6-17-16-18-9-12(10-19-16)14(21)20-13-5-3-4-11(8-13)15(22)24-2/h3-5,8-10H,6-7H2,1-2H3,(H,20,21)(H,17,18,19). The van der Waals surface area contributed by atoms with Gasteiger partial charge in [-0.05, 0) is 18.2 Å². The van der Waals surface area contributed by atoms with Crippen molar-refractivity contribution in [1.29, 1.82) is 0 Å². The zero-order valence-electron chi connectivity index (χ0n) is 13.4. The third kappa shape index (κ3) is 4.75. The van der Waals surface area contributed by atoms with E-state index in [4.69, 9.17) is 4.74 Å². The van der Waals surface area contributed by atoms with Gasteiger partial charge in [0, 0.05) is 31.7 Å². The highest BCUT2D eigenvalue weighted by Crippen LogP contribution is 2.13. The smallest absolute Gasteiger partial charge is 0.337 e. The lowest BCUT2D eigenvalue weighted by molar-refractivity contribution is 0.0600. The minimum atomic E-state index is -0.471. The highest BCUT2D eigenvalue weighted by molar-refractivity contribution is 6.04. The molecule has 1 heterocycles. The predicted octanol–water partition coefficient (Wildman–Crippen LogP) is 1.57. The largest absolute Gasteiger partial charge is 0.465 e. The van der Waals surface area contributed by atoms with Crippen molar-refractivity contribution in [2.24, 2.45) is 0 Å². The summed E-state index contributed by atoms with van der Waals surface area (Å²) in [5.41, 5.74) is 1.13. The molecule has 2 aromatic rings. The molecule has 24 heavy (non-hydrogen) atoms. The third-order valence-electron chi connectivity index (χ3n) is 3.04. The molecule has 0 aliphatic rings. The number of amides is 1. The molecule has 0 unspecified atom stereocenters. The van der Waals surface area contributed by atoms with Gasteiger partial charge in [-0.1, -0.05) is 6.07 Å². The normalized spacial score (nSPS) is 10.1. The number of benzene rings is 1. The molecular formula is C16H18N4O4. The number of rotatable bonds is 7. The molecule has 0 atom stereocenters. The zero-order valence-corrected chi connectivity index (χ0v) is 13.4. The van der Waals surface area contributed by atoms with Crippen molar-refractivity contribution < 1.29 is 19.1 Å². The maximum Gasteiger partial charge on any atom is 0.337 e. The number of carbonyl (C=O) groups is 2. The summed E-state index contributed by atoms with van der Waals surface area (Å²) in [6, 6.07) is 6.46. The maximum atomic E-state index is 12.2. The quantitative estimate of drug-likeness (QED) is 0.587. The van der Waals surface area contributed by atoms with E-state index in [1.54, 1.807) is 25.3 Å². The van der Waals surface area contributed by atoms with Gasteiger partial charge >= 0.3 is 5.97 Å². The van der Waals surface area contributed by atoms with Crippen LogP contribution in [0.5, 0.6) is 0 Å². The van der Waals surface area contributed by atoms with Crippen LogP contribution in [0, 0.1) is 0 Å². The average Bonchev–Trinajstić information content (AvgIpc) is 2.62. The molecule has 1 aromatic heterocycles. The van der Waals surface area contributed by atoms with E-state index in [0.29, 0.717) is 35.9 Å². The Morgan fingerprint density at radius 1 is 1.12 bits per heavy atom. The van der Waals surface area contributed by atoms with Gasteiger partial charge in [-0.2, -0.15) is 0 Å². The van der Waals surface area contributed by atoms with E-state index in [1.807, 2.05) is 0 Å². The summed E-state index contributed by atoms with van der Waals surface area (Å²) in [5.74, 6) is -0.433. The summed E-state index contributed by atoms with van der Waals surface area (Å²) in [6.45, 7) is 1.10. The molecule has 0 bridgehead atoms. The third-order valence-corrected chi connectivity index (χ3v) is 3.04. The van der Waals surface area contributed by atoms with Crippen molar-refractivity contribution in [3.63, 3.8) is 0 Å². The molecule has 8 nitrogen and oxygen atoms in total. The number of nitrogens with zero attached hydrogens (tertiary/aromatic N) is 2. The Morgan fingerprint density at radius 3 is 2.54 bits per heavy atom. The topological polar surface area (TPSA) is 102 Å². The van der Waals surface area contributed by atoms with Gasteiger partial charge in [0.1, 0.15) is 0 Å². The van der Waals surface area contributed by atoms with Gasteiger partial charge in [0.05, 0.1) is 24.8 Å². The summed E-state index contributed by atoms with van der Waals surface area (Å²) >= 11 is 0. The van der Waals surface area contributed by atoms with Gasteiger partial charge in [-0.15, -0.1) is 0 Å². The second kappa shape index (κ2) is 8.59. The second-order valence-corrected chi connectivity index (χ2v) is 4.74. The lowest BCUT2D eigenvalue weighted by Crippen LogP contribution is -2.15. The fraction of sp³-hybridized carbons (Fsp3) is 0.250. The molecule has 0 radical (unpaired) electrons. The first-order valence-electron chi connectivity index (χ1n) is 7.18. The van der Waals surface area contributed by atoms with Crippen LogP contribution in [0.15, 0.2) is 36.7 Å². The van der Waals surface area contributed by atoms with Gasteiger partial charge < -0.3 is 20.1 Å². The lowest BCUT2D eigenvalue weighted by atomic mass is 10.2. The van der Waals surface area contributed by atoms with E-state index in [9.17, 15) is 9.59 Å². The number of hydrogen-bond acceptors (Lipinski definition) is 7. The number of methoxy groups -OCH3 is 2. The van der Waals surface area contributed by atoms with Crippen LogP contribution in [-0.4, -0.2) is 49.2 Å². The van der Waals surface area contributed by atoms with Crippen molar-refractivity contribution in [3.8, 4) is 0 Å². The molecule has 1 aromatic carbocycles. The summed E-state index contributed by atoms with van der Waals surface area (Å²) in [4.78, 5) is 31.8. The van der Waals surface area contributed by atoms with Crippen LogP contribution in [0.1, 0.15) is 20.7 Å². The predicted molar refractivity (Wildman–Crippen MR) is 88.1 cm³/mol. The fourth-order valence-electron chi connectivity index (χ4n) is 1.85. The van der Waals surface area contributed by atoms with Crippen LogP contribution in [0.25, 0.3) is 0 Å². The number of aromatic nitrogens is 2. The summed E-state index contributed by atoms with van der Waals surface area (Å²) in [6.07, 6.45) is 2.84. The number of hydrogen-bond donors (Lipinski definition) is 2. The van der Waals surface area contributed by atoms with E-state index in [0.717, 1.165) is 0 Å². The first kappa shape index (κ1) is 17.4. The maximum absolute atomic E-state index is 12.2. The van der Waals surface area contributed by atoms with E-state index >= 15 is 0 Å². The Kier molecular flexibility index (Phi) is 6.21. The molecule has 1 amide bonds. The van der Waals surface area contributed by atoms with Crippen LogP contribution in [-0.2, 0) is 9.47 Å². The van der Waals surface area contributed by atoms with E-state index in [-0.39, 0.29) is 5.91 Å². The van der Waals surface area contributed by atoms with Gasteiger partial charge in [-0.3, -0.25) is 4.79 Å². The van der Waals surface area contributed by atoms with Crippen molar-refractivity contribution in [3.05, 3.63) is 47.8 Å². The highest BCUT2D eigenvalue weighted by atomic mass is 16.5. The van der Waals surface area contributed by atoms with Gasteiger partial charge in [0.25, 0.3) is 5.91 Å². The number of nitrogens with one attached hydrogen (secondary N) is 2. The van der Waals surface area contributed by atoms with Crippen molar-refractivity contribution in [2.75, 3.05) is 38.0 Å². The van der Waals surface area contributed by atoms with Gasteiger partial charge in [0.15, 0.2) is 0 Å². The Labute approximate surface area is 139 Å². The highest BCUT2D eigenvalue weighted by Gasteiger charge is 2.10. The number of ether oxygens (including phenoxy) is 2. The van der Waals surface area contributed by atoms with Crippen LogP contribution < -0.4 is 10.6 Å². The molecule has 8 heteroatoms. The number of esters is 1. The number of carbonyl (C=O) groups excluding carboxylic acids is 2. The zero-order chi connectivity index (χ0) is 17.4. The van der Waals surface area contributed by atoms with Gasteiger partial charge in [-0.25, -0.2) is 14.8 Å². The summed E-state index contributed by atoms with van der Waals surface area (Å²) in [7, 11) is 2.90. The van der Waals surface area contributed by atoms with E-state index in [2.05, 4.69) is 25.3 Å². The minimum Gasteiger partial charge on any atom is -0.465 e. The van der Waals surface area contributed by atoms with Crippen molar-refractivity contribution in [2.45, 2.75) is 0 Å². The first-order chi connectivity index (χ1) is 11.6. The van der Waals surface area contributed by atoms with Crippen molar-refractivity contribution in [1.82, 2.24) is 9.97 Å². The SMILES string of the molecule is COCCNc1ncc(C(=O)Nc2cccc(C(=O)OC)c2)cn1. The summed E-state index contributed by atoms with van der Waals surface area (Å²) < 4.78 is 9.56. The molecule has 126 valence electrons. The molecule has 0 spiro atoms. The second-order valence-electron chi connectivity index (χ2n) is 4.74. The first-order valence-corrected chi connectivity index (χ1v) is 7.18. The van der Waals surface area contributed by atoms with Crippen LogP contribution >= 0.6 is 0 Å². The number of anilines is 2. The van der Waals surface area contributed by atoms with E-state index < -0.39 is 5.97 Å². The van der Waals surface area contributed by atoms with Crippen LogP contribution in [0.2, 0.25) is 0 Å². The van der Waals surface area contributed by atoms with E-state index in [1.165, 1.54) is 25.6 Å². The van der Waals surface area contributed by atoms with Crippen molar-refractivity contribution >= 4 is 23.5 Å². The molecule has 0 fully saturated rings. The average molecular weight is 330 g/mol. The lowest BCUT2D eigenvalue weighted by Gasteiger charge is -2.07. The molecular weight excluding hydrogens is 312 g/mol. The van der Waals surface area contributed by atoms with Crippen LogP contribution in [0.4, 0.5) is 11.6 Å². The minimum absolute atomic E-state index is 0.302. The molecule has 0 saturated carbocycles. The monoisotopic (exact) mass is 330 g/mol. The molecule has 0 aliphatic heterocycles. The Hall–Kier alpha value is -3.00. The molecule has 2 N–H and O–H groups in total. The Bertz CT molecular complexity index is 703.